The van der Waals surface area contributed by atoms with Crippen molar-refractivity contribution in [1.29, 1.82) is 0 Å². The van der Waals surface area contributed by atoms with Crippen LogP contribution < -0.4 is 4.74 Å². The minimum absolute atomic E-state index is 0.314. The number of para-hydroxylation sites is 1. The Morgan fingerprint density at radius 1 is 1.14 bits per heavy atom. The van der Waals surface area contributed by atoms with E-state index in [0.29, 0.717) is 18.8 Å². The Bertz CT molecular complexity index is 1110. The second kappa shape index (κ2) is 7.60. The molecule has 0 spiro atoms. The summed E-state index contributed by atoms with van der Waals surface area (Å²) in [5.41, 5.74) is 4.15. The minimum Gasteiger partial charge on any atom is -0.497 e. The highest BCUT2D eigenvalue weighted by molar-refractivity contribution is 5.96. The zero-order valence-corrected chi connectivity index (χ0v) is 15.8. The molecule has 0 fully saturated rings. The third kappa shape index (κ3) is 3.36. The quantitative estimate of drug-likeness (QED) is 0.511. The van der Waals surface area contributed by atoms with Crippen molar-refractivity contribution in [3.8, 4) is 17.0 Å². The number of aromatic nitrogens is 3. The van der Waals surface area contributed by atoms with Gasteiger partial charge in [0.15, 0.2) is 0 Å². The van der Waals surface area contributed by atoms with Gasteiger partial charge in [0.25, 0.3) is 0 Å². The smallest absolute Gasteiger partial charge is 0.356 e. The molecule has 0 amide bonds. The largest absolute Gasteiger partial charge is 0.497 e. The molecule has 1 N–H and O–H groups in total. The average molecular weight is 375 g/mol. The molecule has 0 radical (unpaired) electrons. The third-order valence-corrected chi connectivity index (χ3v) is 4.62. The van der Waals surface area contributed by atoms with Crippen LogP contribution in [0.1, 0.15) is 23.0 Å². The number of rotatable bonds is 6. The molecule has 4 aromatic rings. The van der Waals surface area contributed by atoms with Crippen LogP contribution in [0.25, 0.3) is 22.2 Å². The summed E-state index contributed by atoms with van der Waals surface area (Å²) in [4.78, 5) is 15.7. The van der Waals surface area contributed by atoms with E-state index in [4.69, 9.17) is 14.6 Å². The van der Waals surface area contributed by atoms with Crippen LogP contribution in [-0.4, -0.2) is 34.5 Å². The number of H-pyrrole nitrogens is 1. The van der Waals surface area contributed by atoms with Gasteiger partial charge in [0.2, 0.25) is 0 Å². The van der Waals surface area contributed by atoms with Gasteiger partial charge in [-0.2, -0.15) is 5.10 Å². The van der Waals surface area contributed by atoms with Crippen molar-refractivity contribution >= 4 is 16.9 Å². The van der Waals surface area contributed by atoms with Crippen molar-refractivity contribution in [2.45, 2.75) is 13.5 Å². The predicted molar refractivity (Wildman–Crippen MR) is 108 cm³/mol. The lowest BCUT2D eigenvalue weighted by Crippen LogP contribution is -2.14. The van der Waals surface area contributed by atoms with E-state index in [2.05, 4.69) is 4.98 Å². The molecule has 0 bridgehead atoms. The van der Waals surface area contributed by atoms with Crippen molar-refractivity contribution in [3.05, 3.63) is 72.1 Å². The first kappa shape index (κ1) is 17.9. The SMILES string of the molecule is CCOC(=O)c1cc(-c2c[nH]c3ccccc23)nn1Cc1ccc(OC)cc1. The molecule has 0 saturated carbocycles. The third-order valence-electron chi connectivity index (χ3n) is 4.62. The van der Waals surface area contributed by atoms with E-state index >= 15 is 0 Å². The van der Waals surface area contributed by atoms with Crippen molar-refractivity contribution < 1.29 is 14.3 Å². The number of fused-ring (bicyclic) bond motifs is 1. The summed E-state index contributed by atoms with van der Waals surface area (Å²) in [5.74, 6) is 0.406. The summed E-state index contributed by atoms with van der Waals surface area (Å²) in [6, 6.07) is 17.5. The van der Waals surface area contributed by atoms with Crippen LogP contribution in [0.15, 0.2) is 60.8 Å². The molecule has 0 saturated heterocycles. The molecule has 0 aliphatic rings. The van der Waals surface area contributed by atoms with E-state index in [9.17, 15) is 4.79 Å². The molecule has 2 aromatic carbocycles. The molecule has 4 rings (SSSR count). The summed E-state index contributed by atoms with van der Waals surface area (Å²) in [7, 11) is 1.63. The van der Waals surface area contributed by atoms with E-state index in [1.165, 1.54) is 0 Å². The highest BCUT2D eigenvalue weighted by atomic mass is 16.5. The summed E-state index contributed by atoms with van der Waals surface area (Å²) < 4.78 is 12.1. The molecule has 28 heavy (non-hydrogen) atoms. The van der Waals surface area contributed by atoms with Gasteiger partial charge in [0.1, 0.15) is 11.4 Å². The lowest BCUT2D eigenvalue weighted by molar-refractivity contribution is 0.0512. The van der Waals surface area contributed by atoms with Crippen LogP contribution in [0.2, 0.25) is 0 Å². The van der Waals surface area contributed by atoms with Gasteiger partial charge in [0.05, 0.1) is 26.0 Å². The van der Waals surface area contributed by atoms with E-state index in [1.54, 1.807) is 24.8 Å². The lowest BCUT2D eigenvalue weighted by atomic mass is 10.1. The van der Waals surface area contributed by atoms with Crippen molar-refractivity contribution in [2.75, 3.05) is 13.7 Å². The van der Waals surface area contributed by atoms with Crippen LogP contribution >= 0.6 is 0 Å². The summed E-state index contributed by atoms with van der Waals surface area (Å²) in [6.45, 7) is 2.57. The molecule has 6 heteroatoms. The molecular formula is C22H21N3O3. The Hall–Kier alpha value is -3.54. The standard InChI is InChI=1S/C22H21N3O3/c1-3-28-22(26)21-12-20(18-13-23-19-7-5-4-6-17(18)19)24-25(21)14-15-8-10-16(27-2)11-9-15/h4-13,23H,3,14H2,1-2H3. The topological polar surface area (TPSA) is 69.1 Å². The maximum atomic E-state index is 12.5. The number of benzene rings is 2. The van der Waals surface area contributed by atoms with Gasteiger partial charge >= 0.3 is 5.97 Å². The number of nitrogens with zero attached hydrogens (tertiary/aromatic N) is 2. The van der Waals surface area contributed by atoms with Crippen LogP contribution in [0.4, 0.5) is 0 Å². The summed E-state index contributed by atoms with van der Waals surface area (Å²) >= 11 is 0. The number of nitrogens with one attached hydrogen (secondary N) is 1. The number of methoxy groups -OCH3 is 1. The van der Waals surface area contributed by atoms with E-state index in [1.807, 2.05) is 54.7 Å². The van der Waals surface area contributed by atoms with Gasteiger partial charge in [-0.25, -0.2) is 4.79 Å². The maximum absolute atomic E-state index is 12.5. The first-order chi connectivity index (χ1) is 13.7. The number of ether oxygens (including phenoxy) is 2. The van der Waals surface area contributed by atoms with Crippen molar-refractivity contribution in [1.82, 2.24) is 14.8 Å². The van der Waals surface area contributed by atoms with E-state index < -0.39 is 0 Å². The van der Waals surface area contributed by atoms with Crippen molar-refractivity contribution in [2.24, 2.45) is 0 Å². The number of hydrogen-bond acceptors (Lipinski definition) is 4. The fourth-order valence-corrected chi connectivity index (χ4v) is 3.23. The zero-order valence-electron chi connectivity index (χ0n) is 15.8. The lowest BCUT2D eigenvalue weighted by Gasteiger charge is -2.07. The van der Waals surface area contributed by atoms with Crippen LogP contribution in [-0.2, 0) is 11.3 Å². The van der Waals surface area contributed by atoms with E-state index in [-0.39, 0.29) is 5.97 Å². The highest BCUT2D eigenvalue weighted by Crippen LogP contribution is 2.28. The Labute approximate surface area is 162 Å². The maximum Gasteiger partial charge on any atom is 0.356 e. The number of carbonyl (C=O) groups excluding carboxylic acids is 1. The highest BCUT2D eigenvalue weighted by Gasteiger charge is 2.19. The summed E-state index contributed by atoms with van der Waals surface area (Å²) in [6.07, 6.45) is 1.92. The second-order valence-electron chi connectivity index (χ2n) is 6.39. The van der Waals surface area contributed by atoms with E-state index in [0.717, 1.165) is 33.5 Å². The molecule has 142 valence electrons. The van der Waals surface area contributed by atoms with Gasteiger partial charge < -0.3 is 14.5 Å². The van der Waals surface area contributed by atoms with Crippen LogP contribution in [0.3, 0.4) is 0 Å². The molecule has 0 aliphatic heterocycles. The molecule has 0 atom stereocenters. The fourth-order valence-electron chi connectivity index (χ4n) is 3.23. The first-order valence-corrected chi connectivity index (χ1v) is 9.14. The minimum atomic E-state index is -0.380. The summed E-state index contributed by atoms with van der Waals surface area (Å²) in [5, 5.41) is 5.77. The molecule has 2 heterocycles. The Kier molecular flexibility index (Phi) is 4.85. The number of hydrogen-bond donors (Lipinski definition) is 1. The normalized spacial score (nSPS) is 10.9. The van der Waals surface area contributed by atoms with Crippen molar-refractivity contribution in [3.63, 3.8) is 0 Å². The molecular weight excluding hydrogens is 354 g/mol. The van der Waals surface area contributed by atoms with Crippen LogP contribution in [0.5, 0.6) is 5.75 Å². The molecule has 0 aliphatic carbocycles. The van der Waals surface area contributed by atoms with Gasteiger partial charge in [-0.3, -0.25) is 4.68 Å². The Morgan fingerprint density at radius 3 is 2.68 bits per heavy atom. The zero-order chi connectivity index (χ0) is 19.5. The number of carbonyl (C=O) groups is 1. The number of esters is 1. The molecule has 0 unspecified atom stereocenters. The van der Waals surface area contributed by atoms with Crippen LogP contribution in [0, 0.1) is 0 Å². The van der Waals surface area contributed by atoms with Gasteiger partial charge in [-0.05, 0) is 36.8 Å². The molecule has 6 nitrogen and oxygen atoms in total. The second-order valence-corrected chi connectivity index (χ2v) is 6.39. The van der Waals surface area contributed by atoms with Gasteiger partial charge in [-0.15, -0.1) is 0 Å². The average Bonchev–Trinajstić information content (AvgIpc) is 3.33. The monoisotopic (exact) mass is 375 g/mol. The van der Waals surface area contributed by atoms with Gasteiger partial charge in [0, 0.05) is 22.7 Å². The molecule has 2 aromatic heterocycles. The number of aromatic amines is 1. The first-order valence-electron chi connectivity index (χ1n) is 9.14. The predicted octanol–water partition coefficient (Wildman–Crippen LogP) is 4.27. The Balaban J connectivity index is 1.74. The van der Waals surface area contributed by atoms with Gasteiger partial charge in [-0.1, -0.05) is 30.3 Å². The Morgan fingerprint density at radius 2 is 1.93 bits per heavy atom. The fraction of sp³-hybridized carbons (Fsp3) is 0.182.